The first-order valence-electron chi connectivity index (χ1n) is 11.2. The highest BCUT2D eigenvalue weighted by atomic mass is 127. The average Bonchev–Trinajstić information content (AvgIpc) is 2.77. The maximum absolute atomic E-state index is 12.1. The molecule has 3 rings (SSSR count). The second kappa shape index (κ2) is 13.7. The molecule has 2 aliphatic rings. The summed E-state index contributed by atoms with van der Waals surface area (Å²) in [5.41, 5.74) is 2.82. The highest BCUT2D eigenvalue weighted by Crippen LogP contribution is 2.32. The molecule has 170 valence electrons. The Kier molecular flexibility index (Phi) is 11.7. The van der Waals surface area contributed by atoms with Crippen molar-refractivity contribution in [2.24, 2.45) is 4.99 Å². The number of ether oxygens (including phenoxy) is 1. The normalized spacial score (nSPS) is 25.0. The molecule has 0 saturated heterocycles. The van der Waals surface area contributed by atoms with Crippen molar-refractivity contribution in [3.63, 3.8) is 0 Å². The molecule has 0 heterocycles. The van der Waals surface area contributed by atoms with Gasteiger partial charge < -0.3 is 15.4 Å². The first-order valence-corrected chi connectivity index (χ1v) is 12.6. The number of guanidine groups is 1. The second-order valence-electron chi connectivity index (χ2n) is 8.10. The first-order chi connectivity index (χ1) is 14.2. The van der Waals surface area contributed by atoms with Crippen LogP contribution in [-0.2, 0) is 22.0 Å². The summed E-state index contributed by atoms with van der Waals surface area (Å²) in [6.45, 7) is 3.61. The van der Waals surface area contributed by atoms with Crippen LogP contribution in [0.25, 0.3) is 0 Å². The molecule has 2 aliphatic carbocycles. The van der Waals surface area contributed by atoms with E-state index in [0.717, 1.165) is 63.4 Å². The third-order valence-corrected chi connectivity index (χ3v) is 7.83. The van der Waals surface area contributed by atoms with Gasteiger partial charge in [0, 0.05) is 48.0 Å². The van der Waals surface area contributed by atoms with Crippen LogP contribution >= 0.6 is 24.0 Å². The molecule has 1 saturated carbocycles. The SMILES string of the molecule is CCS(=O)C1CCCC(NC(=NC)NCCCOC2CCCc3ccccc32)C1.I. The van der Waals surface area contributed by atoms with Gasteiger partial charge in [0.25, 0.3) is 0 Å². The largest absolute Gasteiger partial charge is 0.373 e. The Labute approximate surface area is 201 Å². The van der Waals surface area contributed by atoms with Crippen LogP contribution < -0.4 is 10.6 Å². The van der Waals surface area contributed by atoms with Crippen LogP contribution in [0, 0.1) is 0 Å². The fraction of sp³-hybridized carbons (Fsp3) is 0.696. The van der Waals surface area contributed by atoms with Crippen LogP contribution in [0.15, 0.2) is 29.3 Å². The summed E-state index contributed by atoms with van der Waals surface area (Å²) in [5, 5.41) is 7.28. The van der Waals surface area contributed by atoms with Gasteiger partial charge in [-0.15, -0.1) is 24.0 Å². The number of aryl methyl sites for hydroxylation is 1. The maximum atomic E-state index is 12.1. The molecule has 7 heteroatoms. The molecule has 0 amide bonds. The molecular formula is C23H38IN3O2S. The Balaban J connectivity index is 0.00000320. The fourth-order valence-corrected chi connectivity index (χ4v) is 5.87. The standard InChI is InChI=1S/C23H37N3O2S.HI/c1-3-29(27)20-12-7-11-19(17-20)26-23(24-2)25-15-8-16-28-22-14-6-10-18-9-4-5-13-21(18)22;/h4-5,9,13,19-20,22H,3,6-8,10-12,14-17H2,1-2H3,(H2,24,25,26);1H. The molecule has 0 spiro atoms. The van der Waals surface area contributed by atoms with E-state index >= 15 is 0 Å². The molecule has 0 aromatic heterocycles. The van der Waals surface area contributed by atoms with Gasteiger partial charge >= 0.3 is 0 Å². The molecule has 4 atom stereocenters. The van der Waals surface area contributed by atoms with E-state index < -0.39 is 10.8 Å². The molecule has 1 aromatic rings. The zero-order chi connectivity index (χ0) is 20.5. The van der Waals surface area contributed by atoms with Crippen LogP contribution in [0.5, 0.6) is 0 Å². The van der Waals surface area contributed by atoms with Crippen molar-refractivity contribution in [3.8, 4) is 0 Å². The molecule has 0 radical (unpaired) electrons. The lowest BCUT2D eigenvalue weighted by molar-refractivity contribution is 0.0398. The average molecular weight is 548 g/mol. The lowest BCUT2D eigenvalue weighted by Crippen LogP contribution is -2.46. The van der Waals surface area contributed by atoms with E-state index in [1.165, 1.54) is 24.0 Å². The van der Waals surface area contributed by atoms with Gasteiger partial charge in [-0.1, -0.05) is 37.6 Å². The summed E-state index contributed by atoms with van der Waals surface area (Å²) in [7, 11) is 1.12. The van der Waals surface area contributed by atoms with Gasteiger partial charge in [0.15, 0.2) is 5.96 Å². The molecule has 1 fully saturated rings. The predicted molar refractivity (Wildman–Crippen MR) is 137 cm³/mol. The van der Waals surface area contributed by atoms with Gasteiger partial charge in [0.05, 0.1) is 6.10 Å². The topological polar surface area (TPSA) is 62.7 Å². The molecule has 2 N–H and O–H groups in total. The predicted octanol–water partition coefficient (Wildman–Crippen LogP) is 4.33. The Morgan fingerprint density at radius 1 is 1.23 bits per heavy atom. The van der Waals surface area contributed by atoms with Crippen molar-refractivity contribution in [1.82, 2.24) is 10.6 Å². The van der Waals surface area contributed by atoms with Gasteiger partial charge in [-0.2, -0.15) is 0 Å². The summed E-state index contributed by atoms with van der Waals surface area (Å²) in [6.07, 6.45) is 9.04. The molecular weight excluding hydrogens is 509 g/mol. The molecule has 1 aromatic carbocycles. The summed E-state index contributed by atoms with van der Waals surface area (Å²) >= 11 is 0. The van der Waals surface area contributed by atoms with Crippen molar-refractivity contribution < 1.29 is 8.95 Å². The Bertz CT molecular complexity index is 701. The highest BCUT2D eigenvalue weighted by Gasteiger charge is 2.26. The fourth-order valence-electron chi connectivity index (χ4n) is 4.53. The van der Waals surface area contributed by atoms with Crippen LogP contribution in [0.1, 0.15) is 69.1 Å². The number of rotatable bonds is 8. The van der Waals surface area contributed by atoms with E-state index in [-0.39, 0.29) is 30.1 Å². The van der Waals surface area contributed by atoms with E-state index in [0.29, 0.717) is 11.3 Å². The van der Waals surface area contributed by atoms with Crippen molar-refractivity contribution in [2.75, 3.05) is 26.0 Å². The maximum Gasteiger partial charge on any atom is 0.191 e. The summed E-state index contributed by atoms with van der Waals surface area (Å²) in [6, 6.07) is 9.05. The zero-order valence-electron chi connectivity index (χ0n) is 18.4. The monoisotopic (exact) mass is 547 g/mol. The highest BCUT2D eigenvalue weighted by molar-refractivity contribution is 14.0. The van der Waals surface area contributed by atoms with E-state index in [1.54, 1.807) is 0 Å². The van der Waals surface area contributed by atoms with E-state index in [9.17, 15) is 4.21 Å². The van der Waals surface area contributed by atoms with Crippen molar-refractivity contribution in [2.45, 2.75) is 75.7 Å². The van der Waals surface area contributed by atoms with Crippen LogP contribution in [-0.4, -0.2) is 47.4 Å². The molecule has 0 bridgehead atoms. The minimum absolute atomic E-state index is 0. The van der Waals surface area contributed by atoms with E-state index in [1.807, 2.05) is 14.0 Å². The van der Waals surface area contributed by atoms with Crippen LogP contribution in [0.2, 0.25) is 0 Å². The molecule has 30 heavy (non-hydrogen) atoms. The number of fused-ring (bicyclic) bond motifs is 1. The first kappa shape index (κ1) is 25.6. The Morgan fingerprint density at radius 2 is 2.07 bits per heavy atom. The minimum atomic E-state index is -0.694. The molecule has 0 aliphatic heterocycles. The number of hydrogen-bond acceptors (Lipinski definition) is 3. The number of nitrogens with one attached hydrogen (secondary N) is 2. The van der Waals surface area contributed by atoms with Gasteiger partial charge in [-0.3, -0.25) is 9.20 Å². The third kappa shape index (κ3) is 7.48. The van der Waals surface area contributed by atoms with Crippen LogP contribution in [0.3, 0.4) is 0 Å². The zero-order valence-corrected chi connectivity index (χ0v) is 21.5. The van der Waals surface area contributed by atoms with Gasteiger partial charge in [0.2, 0.25) is 0 Å². The van der Waals surface area contributed by atoms with Gasteiger partial charge in [0.1, 0.15) is 0 Å². The molecule has 5 nitrogen and oxygen atoms in total. The quantitative estimate of drug-likeness (QED) is 0.220. The Hall–Kier alpha value is -0.670. The number of halogens is 1. The van der Waals surface area contributed by atoms with E-state index in [2.05, 4.69) is 39.9 Å². The second-order valence-corrected chi connectivity index (χ2v) is 10.1. The number of benzene rings is 1. The number of hydrogen-bond donors (Lipinski definition) is 2. The lowest BCUT2D eigenvalue weighted by Gasteiger charge is -2.30. The Morgan fingerprint density at radius 3 is 2.87 bits per heavy atom. The number of aliphatic imine (C=N–C) groups is 1. The molecule has 4 unspecified atom stereocenters. The lowest BCUT2D eigenvalue weighted by atomic mass is 9.89. The van der Waals surface area contributed by atoms with Crippen molar-refractivity contribution in [1.29, 1.82) is 0 Å². The summed E-state index contributed by atoms with van der Waals surface area (Å²) in [5.74, 6) is 1.61. The van der Waals surface area contributed by atoms with E-state index in [4.69, 9.17) is 4.74 Å². The smallest absolute Gasteiger partial charge is 0.191 e. The minimum Gasteiger partial charge on any atom is -0.373 e. The van der Waals surface area contributed by atoms with Crippen molar-refractivity contribution in [3.05, 3.63) is 35.4 Å². The summed E-state index contributed by atoms with van der Waals surface area (Å²) < 4.78 is 18.3. The van der Waals surface area contributed by atoms with Gasteiger partial charge in [-0.25, -0.2) is 0 Å². The third-order valence-electron chi connectivity index (χ3n) is 6.09. The summed E-state index contributed by atoms with van der Waals surface area (Å²) in [4.78, 5) is 4.37. The van der Waals surface area contributed by atoms with Crippen molar-refractivity contribution >= 4 is 40.7 Å². The van der Waals surface area contributed by atoms with Crippen LogP contribution in [0.4, 0.5) is 0 Å². The number of nitrogens with zero attached hydrogens (tertiary/aromatic N) is 1. The van der Waals surface area contributed by atoms with Gasteiger partial charge in [-0.05, 0) is 56.1 Å².